The van der Waals surface area contributed by atoms with Gasteiger partial charge in [0.25, 0.3) is 0 Å². The Hall–Kier alpha value is -1.91. The fourth-order valence-electron chi connectivity index (χ4n) is 2.79. The molecule has 0 amide bonds. The fourth-order valence-corrected chi connectivity index (χ4v) is 3.94. The molecule has 10 heteroatoms. The number of para-hydroxylation sites is 1. The highest BCUT2D eigenvalue weighted by Gasteiger charge is 2.24. The first-order valence-electron chi connectivity index (χ1n) is 7.72. The van der Waals surface area contributed by atoms with Gasteiger partial charge in [0, 0.05) is 39.4 Å². The van der Waals surface area contributed by atoms with Crippen molar-refractivity contribution >= 4 is 43.4 Å². The predicted molar refractivity (Wildman–Crippen MR) is 102 cm³/mol. The highest BCUT2D eigenvalue weighted by atomic mass is 79.9. The van der Waals surface area contributed by atoms with Crippen molar-refractivity contribution in [3.05, 3.63) is 34.9 Å². The van der Waals surface area contributed by atoms with Crippen LogP contribution in [0.15, 0.2) is 39.8 Å². The van der Waals surface area contributed by atoms with Gasteiger partial charge in [-0.3, -0.25) is 0 Å². The molecule has 0 atom stereocenters. The van der Waals surface area contributed by atoms with E-state index in [1.165, 1.54) is 6.07 Å². The first-order valence-corrected chi connectivity index (χ1v) is 10.1. The van der Waals surface area contributed by atoms with E-state index in [9.17, 15) is 8.42 Å². The number of anilines is 3. The summed E-state index contributed by atoms with van der Waals surface area (Å²) >= 11 is 3.40. The monoisotopic (exact) mass is 426 g/mol. The lowest BCUT2D eigenvalue weighted by Gasteiger charge is -2.36. The smallest absolute Gasteiger partial charge is 0.240 e. The number of hydrogen-bond acceptors (Lipinski definition) is 7. The lowest BCUT2D eigenvalue weighted by molar-refractivity contribution is 0.595. The molecule has 0 unspecified atom stereocenters. The second-order valence-corrected chi connectivity index (χ2v) is 7.99. The van der Waals surface area contributed by atoms with Gasteiger partial charge in [0.05, 0.1) is 10.2 Å². The molecule has 0 aliphatic carbocycles. The summed E-state index contributed by atoms with van der Waals surface area (Å²) in [5.41, 5.74) is 0.636. The zero-order valence-electron chi connectivity index (χ0n) is 13.7. The van der Waals surface area contributed by atoms with Crippen LogP contribution < -0.4 is 20.3 Å². The minimum Gasteiger partial charge on any atom is -0.372 e. The van der Waals surface area contributed by atoms with Crippen LogP contribution in [0.5, 0.6) is 0 Å². The summed E-state index contributed by atoms with van der Waals surface area (Å²) in [4.78, 5) is 13.1. The van der Waals surface area contributed by atoms with Crippen LogP contribution in [-0.2, 0) is 10.0 Å². The Morgan fingerprint density at radius 3 is 2.44 bits per heavy atom. The fraction of sp³-hybridized carbons (Fsp3) is 0.333. The number of aromatic nitrogens is 2. The number of benzene rings is 1. The van der Waals surface area contributed by atoms with E-state index in [4.69, 9.17) is 5.14 Å². The van der Waals surface area contributed by atoms with E-state index in [0.717, 1.165) is 10.3 Å². The van der Waals surface area contributed by atoms with Crippen LogP contribution in [0.4, 0.5) is 17.5 Å². The number of sulfonamides is 1. The van der Waals surface area contributed by atoms with Gasteiger partial charge in [0.15, 0.2) is 0 Å². The average molecular weight is 427 g/mol. The third kappa shape index (κ3) is 3.86. The molecule has 1 saturated heterocycles. The molecule has 1 aliphatic rings. The average Bonchev–Trinajstić information content (AvgIpc) is 2.61. The lowest BCUT2D eigenvalue weighted by atomic mass is 10.2. The summed E-state index contributed by atoms with van der Waals surface area (Å²) in [6.45, 7) is 2.68. The standard InChI is InChI=1S/C15H19BrN6O2S/c1-18-14-11(16)10-19-15(20-14)22-8-6-21(7-9-22)12-4-2-3-5-13(12)25(17,23)24/h2-5,10H,6-9H2,1H3,(H2,17,23,24)(H,18,19,20). The number of nitrogens with zero attached hydrogens (tertiary/aromatic N) is 4. The van der Waals surface area contributed by atoms with Crippen LogP contribution in [-0.4, -0.2) is 51.6 Å². The first kappa shape index (κ1) is 17.9. The summed E-state index contributed by atoms with van der Waals surface area (Å²) in [7, 11) is -1.95. The molecule has 0 radical (unpaired) electrons. The van der Waals surface area contributed by atoms with Crippen LogP contribution in [0, 0.1) is 0 Å². The number of piperazine rings is 1. The van der Waals surface area contributed by atoms with E-state index < -0.39 is 10.0 Å². The molecule has 2 heterocycles. The molecule has 0 spiro atoms. The Labute approximate surface area is 155 Å². The van der Waals surface area contributed by atoms with E-state index in [-0.39, 0.29) is 4.90 Å². The maximum atomic E-state index is 11.8. The number of halogens is 1. The number of rotatable bonds is 4. The molecule has 0 saturated carbocycles. The lowest BCUT2D eigenvalue weighted by Crippen LogP contribution is -2.47. The number of nitrogens with one attached hydrogen (secondary N) is 1. The van der Waals surface area contributed by atoms with Gasteiger partial charge >= 0.3 is 0 Å². The molecule has 134 valence electrons. The summed E-state index contributed by atoms with van der Waals surface area (Å²) in [5, 5.41) is 8.35. The van der Waals surface area contributed by atoms with Gasteiger partial charge in [0.1, 0.15) is 10.7 Å². The van der Waals surface area contributed by atoms with Crippen LogP contribution in [0.2, 0.25) is 0 Å². The summed E-state index contributed by atoms with van der Waals surface area (Å²) in [6, 6.07) is 6.81. The highest BCUT2D eigenvalue weighted by molar-refractivity contribution is 9.10. The largest absolute Gasteiger partial charge is 0.372 e. The second kappa shape index (κ2) is 7.14. The van der Waals surface area contributed by atoms with Crippen LogP contribution in [0.1, 0.15) is 0 Å². The molecule has 0 bridgehead atoms. The van der Waals surface area contributed by atoms with Gasteiger partial charge < -0.3 is 15.1 Å². The van der Waals surface area contributed by atoms with E-state index in [1.807, 2.05) is 11.0 Å². The minimum absolute atomic E-state index is 0.154. The van der Waals surface area contributed by atoms with E-state index >= 15 is 0 Å². The number of hydrogen-bond donors (Lipinski definition) is 2. The molecule has 3 rings (SSSR count). The van der Waals surface area contributed by atoms with Crippen molar-refractivity contribution in [1.82, 2.24) is 9.97 Å². The van der Waals surface area contributed by atoms with Crippen LogP contribution in [0.3, 0.4) is 0 Å². The third-order valence-corrected chi connectivity index (χ3v) is 5.58. The molecule has 1 aliphatic heterocycles. The molecule has 8 nitrogen and oxygen atoms in total. The first-order chi connectivity index (χ1) is 11.9. The van der Waals surface area contributed by atoms with Crippen molar-refractivity contribution in [1.29, 1.82) is 0 Å². The normalized spacial score (nSPS) is 15.3. The maximum Gasteiger partial charge on any atom is 0.240 e. The van der Waals surface area contributed by atoms with Gasteiger partial charge in [-0.15, -0.1) is 0 Å². The summed E-state index contributed by atoms with van der Waals surface area (Å²) < 4.78 is 24.4. The van der Waals surface area contributed by atoms with E-state index in [1.54, 1.807) is 25.4 Å². The predicted octanol–water partition coefficient (Wildman–Crippen LogP) is 1.25. The molecule has 2 aromatic rings. The van der Waals surface area contributed by atoms with Gasteiger partial charge in [-0.1, -0.05) is 12.1 Å². The summed E-state index contributed by atoms with van der Waals surface area (Å²) in [6.07, 6.45) is 1.72. The zero-order chi connectivity index (χ0) is 18.0. The Bertz CT molecular complexity index is 868. The molecule has 25 heavy (non-hydrogen) atoms. The van der Waals surface area contributed by atoms with E-state index in [2.05, 4.69) is 36.1 Å². The Morgan fingerprint density at radius 2 is 1.80 bits per heavy atom. The molecule has 1 aromatic heterocycles. The van der Waals surface area contributed by atoms with E-state index in [0.29, 0.717) is 37.8 Å². The van der Waals surface area contributed by atoms with Gasteiger partial charge in [0.2, 0.25) is 16.0 Å². The van der Waals surface area contributed by atoms with Crippen LogP contribution in [0.25, 0.3) is 0 Å². The van der Waals surface area contributed by atoms with Crippen molar-refractivity contribution in [2.24, 2.45) is 5.14 Å². The van der Waals surface area contributed by atoms with Crippen molar-refractivity contribution in [2.75, 3.05) is 48.3 Å². The molecule has 1 aromatic carbocycles. The Morgan fingerprint density at radius 1 is 1.16 bits per heavy atom. The third-order valence-electron chi connectivity index (χ3n) is 4.04. The van der Waals surface area contributed by atoms with Gasteiger partial charge in [-0.05, 0) is 28.1 Å². The highest BCUT2D eigenvalue weighted by Crippen LogP contribution is 2.26. The molecular weight excluding hydrogens is 408 g/mol. The van der Waals surface area contributed by atoms with Gasteiger partial charge in [-0.2, -0.15) is 4.98 Å². The van der Waals surface area contributed by atoms with Crippen molar-refractivity contribution in [3.8, 4) is 0 Å². The SMILES string of the molecule is CNc1nc(N2CCN(c3ccccc3S(N)(=O)=O)CC2)ncc1Br. The summed E-state index contributed by atoms with van der Waals surface area (Å²) in [5.74, 6) is 1.37. The quantitative estimate of drug-likeness (QED) is 0.757. The van der Waals surface area contributed by atoms with Crippen molar-refractivity contribution < 1.29 is 8.42 Å². The second-order valence-electron chi connectivity index (χ2n) is 5.60. The van der Waals surface area contributed by atoms with Crippen LogP contribution >= 0.6 is 15.9 Å². The van der Waals surface area contributed by atoms with Crippen molar-refractivity contribution in [2.45, 2.75) is 4.90 Å². The topological polar surface area (TPSA) is 104 Å². The number of nitrogens with two attached hydrogens (primary N) is 1. The van der Waals surface area contributed by atoms with Gasteiger partial charge in [-0.25, -0.2) is 18.5 Å². The van der Waals surface area contributed by atoms with Crippen molar-refractivity contribution in [3.63, 3.8) is 0 Å². The molecule has 3 N–H and O–H groups in total. The Balaban J connectivity index is 1.77. The number of primary sulfonamides is 1. The maximum absolute atomic E-state index is 11.8. The minimum atomic E-state index is -3.76. The zero-order valence-corrected chi connectivity index (χ0v) is 16.1. The molecular formula is C15H19BrN6O2S. The Kier molecular flexibility index (Phi) is 5.11. The molecule has 1 fully saturated rings.